The lowest BCUT2D eigenvalue weighted by atomic mass is 9.88. The molecule has 0 bridgehead atoms. The molecule has 0 fully saturated rings. The Balaban J connectivity index is 2.86. The number of rotatable bonds is 7. The highest BCUT2D eigenvalue weighted by Gasteiger charge is 2.27. The maximum Gasteiger partial charge on any atom is 0.250 e. The van der Waals surface area contributed by atoms with Crippen molar-refractivity contribution in [1.29, 1.82) is 0 Å². The second kappa shape index (κ2) is 7.04. The van der Waals surface area contributed by atoms with Gasteiger partial charge in [0, 0.05) is 6.04 Å². The van der Waals surface area contributed by atoms with Crippen LogP contribution in [0.2, 0.25) is 4.34 Å². The Morgan fingerprint density at radius 3 is 2.47 bits per heavy atom. The Hall–Kier alpha value is -0.140. The number of nitrogens with one attached hydrogen (secondary N) is 1. The second-order valence-electron chi connectivity index (χ2n) is 4.71. The quantitative estimate of drug-likeness (QED) is 0.810. The number of halogens is 1. The molecule has 0 amide bonds. The maximum absolute atomic E-state index is 12.2. The Labute approximate surface area is 123 Å². The monoisotopic (exact) mass is 325 g/mol. The molecule has 19 heavy (non-hydrogen) atoms. The number of aliphatic hydroxyl groups excluding tert-OH is 1. The molecule has 1 heterocycles. The molecule has 0 aromatic carbocycles. The third-order valence-electron chi connectivity index (χ3n) is 3.49. The summed E-state index contributed by atoms with van der Waals surface area (Å²) in [5.41, 5.74) is 0. The molecule has 3 atom stereocenters. The molecule has 0 radical (unpaired) electrons. The molecule has 110 valence electrons. The first-order valence-electron chi connectivity index (χ1n) is 6.20. The standard InChI is InChI=1S/C12H20ClNO3S2/c1-4-8(2)9(3)10(7-15)14-19(16,17)12-6-5-11(13)18-12/h5-6,8-10,14-15H,4,7H2,1-3H3. The van der Waals surface area contributed by atoms with Crippen LogP contribution in [0, 0.1) is 11.8 Å². The van der Waals surface area contributed by atoms with Gasteiger partial charge in [-0.15, -0.1) is 11.3 Å². The zero-order chi connectivity index (χ0) is 14.6. The summed E-state index contributed by atoms with van der Waals surface area (Å²) >= 11 is 6.76. The van der Waals surface area contributed by atoms with Crippen molar-refractivity contribution < 1.29 is 13.5 Å². The molecule has 0 aliphatic rings. The fourth-order valence-corrected chi connectivity index (χ4v) is 4.60. The van der Waals surface area contributed by atoms with E-state index in [0.717, 1.165) is 17.8 Å². The number of thiophene rings is 1. The van der Waals surface area contributed by atoms with Crippen LogP contribution in [-0.2, 0) is 10.0 Å². The summed E-state index contributed by atoms with van der Waals surface area (Å²) in [4.78, 5) is 0. The van der Waals surface area contributed by atoms with Crippen molar-refractivity contribution in [2.24, 2.45) is 11.8 Å². The molecular weight excluding hydrogens is 306 g/mol. The fourth-order valence-electron chi connectivity index (χ4n) is 1.78. The van der Waals surface area contributed by atoms with E-state index in [2.05, 4.69) is 4.72 Å². The van der Waals surface area contributed by atoms with Crippen LogP contribution in [0.1, 0.15) is 27.2 Å². The molecule has 7 heteroatoms. The number of aliphatic hydroxyl groups is 1. The topological polar surface area (TPSA) is 66.4 Å². The van der Waals surface area contributed by atoms with E-state index in [9.17, 15) is 13.5 Å². The average Bonchev–Trinajstić information content (AvgIpc) is 2.81. The normalized spacial score (nSPS) is 17.1. The Morgan fingerprint density at radius 2 is 2.05 bits per heavy atom. The lowest BCUT2D eigenvalue weighted by molar-refractivity contribution is 0.190. The number of sulfonamides is 1. The number of hydrogen-bond acceptors (Lipinski definition) is 4. The molecule has 2 N–H and O–H groups in total. The van der Waals surface area contributed by atoms with Crippen LogP contribution in [0.3, 0.4) is 0 Å². The first-order chi connectivity index (χ1) is 8.81. The van der Waals surface area contributed by atoms with E-state index in [-0.39, 0.29) is 16.7 Å². The fraction of sp³-hybridized carbons (Fsp3) is 0.667. The van der Waals surface area contributed by atoms with Crippen LogP contribution in [0.15, 0.2) is 16.3 Å². The molecule has 4 nitrogen and oxygen atoms in total. The lowest BCUT2D eigenvalue weighted by Gasteiger charge is -2.27. The van der Waals surface area contributed by atoms with E-state index in [4.69, 9.17) is 11.6 Å². The number of hydrogen-bond donors (Lipinski definition) is 2. The highest BCUT2D eigenvalue weighted by atomic mass is 35.5. The van der Waals surface area contributed by atoms with Gasteiger partial charge in [-0.05, 0) is 24.0 Å². The summed E-state index contributed by atoms with van der Waals surface area (Å²) < 4.78 is 27.5. The second-order valence-corrected chi connectivity index (χ2v) is 8.37. The van der Waals surface area contributed by atoms with Crippen molar-refractivity contribution in [2.75, 3.05) is 6.61 Å². The highest BCUT2D eigenvalue weighted by Crippen LogP contribution is 2.26. The van der Waals surface area contributed by atoms with E-state index in [1.54, 1.807) is 6.07 Å². The van der Waals surface area contributed by atoms with Gasteiger partial charge in [0.25, 0.3) is 0 Å². The zero-order valence-electron chi connectivity index (χ0n) is 11.3. The van der Waals surface area contributed by atoms with Crippen molar-refractivity contribution in [3.63, 3.8) is 0 Å². The molecular formula is C12H20ClNO3S2. The summed E-state index contributed by atoms with van der Waals surface area (Å²) in [7, 11) is -3.61. The van der Waals surface area contributed by atoms with E-state index in [0.29, 0.717) is 10.3 Å². The molecule has 0 aliphatic heterocycles. The minimum atomic E-state index is -3.61. The van der Waals surface area contributed by atoms with Crippen LogP contribution < -0.4 is 4.72 Å². The van der Waals surface area contributed by atoms with Crippen LogP contribution in [0.5, 0.6) is 0 Å². The summed E-state index contributed by atoms with van der Waals surface area (Å²) in [6.45, 7) is 5.82. The van der Waals surface area contributed by atoms with E-state index >= 15 is 0 Å². The van der Waals surface area contributed by atoms with Crippen LogP contribution in [-0.4, -0.2) is 26.2 Å². The maximum atomic E-state index is 12.2. The van der Waals surface area contributed by atoms with Crippen molar-refractivity contribution in [2.45, 2.75) is 37.4 Å². The van der Waals surface area contributed by atoms with Gasteiger partial charge in [0.05, 0.1) is 10.9 Å². The molecule has 1 rings (SSSR count). The summed E-state index contributed by atoms with van der Waals surface area (Å²) in [6.07, 6.45) is 0.935. The third kappa shape index (κ3) is 4.43. The summed E-state index contributed by atoms with van der Waals surface area (Å²) in [5.74, 6) is 0.381. The molecule has 1 aromatic rings. The predicted octanol–water partition coefficient (Wildman–Crippen LogP) is 2.72. The molecule has 3 unspecified atom stereocenters. The first kappa shape index (κ1) is 16.9. The van der Waals surface area contributed by atoms with Gasteiger partial charge in [0.1, 0.15) is 4.21 Å². The van der Waals surface area contributed by atoms with Crippen molar-refractivity contribution in [1.82, 2.24) is 4.72 Å². The molecule has 1 aromatic heterocycles. The SMILES string of the molecule is CCC(C)C(C)C(CO)NS(=O)(=O)c1ccc(Cl)s1. The van der Waals surface area contributed by atoms with Gasteiger partial charge in [-0.3, -0.25) is 0 Å². The van der Waals surface area contributed by atoms with Crippen molar-refractivity contribution >= 4 is 33.0 Å². The van der Waals surface area contributed by atoms with Gasteiger partial charge < -0.3 is 5.11 Å². The minimum Gasteiger partial charge on any atom is -0.395 e. The molecule has 0 aliphatic carbocycles. The van der Waals surface area contributed by atoms with Crippen molar-refractivity contribution in [3.8, 4) is 0 Å². The Kier molecular flexibility index (Phi) is 6.26. The first-order valence-corrected chi connectivity index (χ1v) is 8.88. The van der Waals surface area contributed by atoms with Gasteiger partial charge >= 0.3 is 0 Å². The lowest BCUT2D eigenvalue weighted by Crippen LogP contribution is -2.43. The van der Waals surface area contributed by atoms with Gasteiger partial charge in [0.15, 0.2) is 0 Å². The summed E-state index contributed by atoms with van der Waals surface area (Å²) in [6, 6.07) is 2.53. The van der Waals surface area contributed by atoms with Gasteiger partial charge in [-0.1, -0.05) is 38.8 Å². The predicted molar refractivity (Wildman–Crippen MR) is 79.1 cm³/mol. The van der Waals surface area contributed by atoms with Crippen molar-refractivity contribution in [3.05, 3.63) is 16.5 Å². The van der Waals surface area contributed by atoms with E-state index in [1.165, 1.54) is 6.07 Å². The van der Waals surface area contributed by atoms with Gasteiger partial charge in [-0.25, -0.2) is 13.1 Å². The van der Waals surface area contributed by atoms with Crippen LogP contribution >= 0.6 is 22.9 Å². The van der Waals surface area contributed by atoms with E-state index < -0.39 is 16.1 Å². The van der Waals surface area contributed by atoms with Gasteiger partial charge in [-0.2, -0.15) is 0 Å². The van der Waals surface area contributed by atoms with Gasteiger partial charge in [0.2, 0.25) is 10.0 Å². The molecule has 0 saturated carbocycles. The minimum absolute atomic E-state index is 0.0557. The average molecular weight is 326 g/mol. The Morgan fingerprint density at radius 1 is 1.42 bits per heavy atom. The van der Waals surface area contributed by atoms with E-state index in [1.807, 2.05) is 20.8 Å². The smallest absolute Gasteiger partial charge is 0.250 e. The van der Waals surface area contributed by atoms with Crippen LogP contribution in [0.4, 0.5) is 0 Å². The molecule has 0 spiro atoms. The largest absolute Gasteiger partial charge is 0.395 e. The summed E-state index contributed by atoms with van der Waals surface area (Å²) in [5, 5.41) is 9.41. The third-order valence-corrected chi connectivity index (χ3v) is 6.71. The zero-order valence-corrected chi connectivity index (χ0v) is 13.6. The highest BCUT2D eigenvalue weighted by molar-refractivity contribution is 7.91. The molecule has 0 saturated heterocycles. The Bertz CT molecular complexity index is 501. The van der Waals surface area contributed by atoms with Crippen LogP contribution in [0.25, 0.3) is 0 Å².